The Morgan fingerprint density at radius 3 is 3.15 bits per heavy atom. The zero-order valence-electron chi connectivity index (χ0n) is 8.03. The largest absolute Gasteiger partial charge is 0.312 e. The zero-order valence-corrected chi connectivity index (χ0v) is 8.85. The Hall–Kier alpha value is -0.150. The van der Waals surface area contributed by atoms with Crippen molar-refractivity contribution in [1.29, 1.82) is 0 Å². The summed E-state index contributed by atoms with van der Waals surface area (Å²) in [5, 5.41) is 3.48. The monoisotopic (exact) mass is 199 g/mol. The molecule has 2 aliphatic rings. The molecule has 0 aromatic heterocycles. The predicted molar refractivity (Wildman–Crippen MR) is 56.1 cm³/mol. The molecule has 0 aromatic carbocycles. The second kappa shape index (κ2) is 3.93. The summed E-state index contributed by atoms with van der Waals surface area (Å²) >= 11 is 0. The molecule has 0 saturated heterocycles. The van der Waals surface area contributed by atoms with Crippen LogP contribution in [0, 0.1) is 11.8 Å². The highest BCUT2D eigenvalue weighted by atomic mass is 32.2. The van der Waals surface area contributed by atoms with Gasteiger partial charge in [0.05, 0.1) is 0 Å². The van der Waals surface area contributed by atoms with E-state index in [2.05, 4.69) is 17.5 Å². The molecule has 1 saturated carbocycles. The molecule has 0 radical (unpaired) electrons. The van der Waals surface area contributed by atoms with Gasteiger partial charge in [0.1, 0.15) is 0 Å². The molecule has 13 heavy (non-hydrogen) atoms. The Labute approximate surface area is 82.2 Å². The molecule has 0 amide bonds. The number of hydrogen-bond acceptors (Lipinski definition) is 2. The topological polar surface area (TPSA) is 29.1 Å². The first-order valence-electron chi connectivity index (χ1n) is 4.97. The average Bonchev–Trinajstić information content (AvgIpc) is 2.40. The SMILES string of the molecule is CS(=O)CCNC1CC2CC=CC21. The average molecular weight is 199 g/mol. The van der Waals surface area contributed by atoms with E-state index in [9.17, 15) is 4.21 Å². The van der Waals surface area contributed by atoms with E-state index in [1.807, 2.05) is 0 Å². The molecule has 0 heterocycles. The Morgan fingerprint density at radius 1 is 1.62 bits per heavy atom. The molecule has 2 aliphatic carbocycles. The maximum absolute atomic E-state index is 10.8. The summed E-state index contributed by atoms with van der Waals surface area (Å²) in [4.78, 5) is 0. The van der Waals surface area contributed by atoms with E-state index < -0.39 is 10.8 Å². The maximum atomic E-state index is 10.8. The predicted octanol–water partition coefficient (Wildman–Crippen LogP) is 0.919. The molecule has 2 nitrogen and oxygen atoms in total. The van der Waals surface area contributed by atoms with Gasteiger partial charge >= 0.3 is 0 Å². The molecule has 2 rings (SSSR count). The van der Waals surface area contributed by atoms with Gasteiger partial charge in [-0.15, -0.1) is 0 Å². The van der Waals surface area contributed by atoms with Crippen molar-refractivity contribution in [2.45, 2.75) is 18.9 Å². The van der Waals surface area contributed by atoms with Gasteiger partial charge in [0, 0.05) is 35.4 Å². The van der Waals surface area contributed by atoms with Gasteiger partial charge in [0.2, 0.25) is 0 Å². The maximum Gasteiger partial charge on any atom is 0.0357 e. The summed E-state index contributed by atoms with van der Waals surface area (Å²) in [5.74, 6) is 2.49. The summed E-state index contributed by atoms with van der Waals surface area (Å²) in [5.41, 5.74) is 0. The van der Waals surface area contributed by atoms with Crippen molar-refractivity contribution in [3.8, 4) is 0 Å². The fourth-order valence-corrected chi connectivity index (χ4v) is 2.74. The van der Waals surface area contributed by atoms with Gasteiger partial charge in [0.15, 0.2) is 0 Å². The quantitative estimate of drug-likeness (QED) is 0.682. The Morgan fingerprint density at radius 2 is 2.46 bits per heavy atom. The highest BCUT2D eigenvalue weighted by Crippen LogP contribution is 2.42. The second-order valence-electron chi connectivity index (χ2n) is 4.07. The number of hydrogen-bond donors (Lipinski definition) is 1. The van der Waals surface area contributed by atoms with Crippen LogP contribution in [0.5, 0.6) is 0 Å². The lowest BCUT2D eigenvalue weighted by Gasteiger charge is -2.40. The van der Waals surface area contributed by atoms with Crippen LogP contribution in [0.1, 0.15) is 12.8 Å². The van der Waals surface area contributed by atoms with Gasteiger partial charge < -0.3 is 5.32 Å². The third kappa shape index (κ3) is 2.02. The standard InChI is InChI=1S/C10H17NOS/c1-13(12)6-5-11-10-7-8-3-2-4-9(8)10/h2,4,8-11H,3,5-7H2,1H3. The molecule has 1 N–H and O–H groups in total. The first-order chi connectivity index (χ1) is 6.27. The lowest BCUT2D eigenvalue weighted by molar-refractivity contribution is 0.166. The van der Waals surface area contributed by atoms with Gasteiger partial charge in [-0.2, -0.15) is 0 Å². The van der Waals surface area contributed by atoms with Crippen molar-refractivity contribution in [2.75, 3.05) is 18.6 Å². The summed E-state index contributed by atoms with van der Waals surface area (Å²) in [6.45, 7) is 0.908. The van der Waals surface area contributed by atoms with E-state index in [1.165, 1.54) is 12.8 Å². The van der Waals surface area contributed by atoms with Crippen molar-refractivity contribution >= 4 is 10.8 Å². The van der Waals surface area contributed by atoms with Crippen LogP contribution in [0.4, 0.5) is 0 Å². The molecule has 0 aromatic rings. The molecule has 4 unspecified atom stereocenters. The summed E-state index contributed by atoms with van der Waals surface area (Å²) in [7, 11) is -0.647. The van der Waals surface area contributed by atoms with Crippen LogP contribution in [0.3, 0.4) is 0 Å². The zero-order chi connectivity index (χ0) is 9.26. The van der Waals surface area contributed by atoms with E-state index in [4.69, 9.17) is 0 Å². The van der Waals surface area contributed by atoms with Crippen LogP contribution in [0.25, 0.3) is 0 Å². The van der Waals surface area contributed by atoms with Crippen molar-refractivity contribution in [3.63, 3.8) is 0 Å². The molecule has 1 fully saturated rings. The molecule has 0 bridgehead atoms. The molecule has 4 atom stereocenters. The van der Waals surface area contributed by atoms with Crippen LogP contribution >= 0.6 is 0 Å². The molecule has 0 aliphatic heterocycles. The molecule has 0 spiro atoms. The lowest BCUT2D eigenvalue weighted by Crippen LogP contribution is -2.48. The van der Waals surface area contributed by atoms with Crippen molar-refractivity contribution < 1.29 is 4.21 Å². The Balaban J connectivity index is 1.67. The second-order valence-corrected chi connectivity index (χ2v) is 5.63. The Kier molecular flexibility index (Phi) is 2.84. The molecular formula is C10H17NOS. The van der Waals surface area contributed by atoms with Gasteiger partial charge in [-0.25, -0.2) is 0 Å². The number of allylic oxidation sites excluding steroid dienone is 1. The van der Waals surface area contributed by atoms with E-state index >= 15 is 0 Å². The van der Waals surface area contributed by atoms with Gasteiger partial charge in [-0.3, -0.25) is 4.21 Å². The molecular weight excluding hydrogens is 182 g/mol. The molecule has 3 heteroatoms. The smallest absolute Gasteiger partial charge is 0.0357 e. The van der Waals surface area contributed by atoms with E-state index in [-0.39, 0.29) is 0 Å². The van der Waals surface area contributed by atoms with Crippen LogP contribution in [-0.2, 0) is 10.8 Å². The van der Waals surface area contributed by atoms with Crippen molar-refractivity contribution in [2.24, 2.45) is 11.8 Å². The fourth-order valence-electron chi connectivity index (χ4n) is 2.34. The molecule has 74 valence electrons. The summed E-state index contributed by atoms with van der Waals surface area (Å²) in [6, 6.07) is 0.673. The first kappa shape index (κ1) is 9.41. The van der Waals surface area contributed by atoms with Crippen molar-refractivity contribution in [3.05, 3.63) is 12.2 Å². The number of nitrogens with one attached hydrogen (secondary N) is 1. The minimum absolute atomic E-state index is 0.647. The normalized spacial score (nSPS) is 38.4. The number of fused-ring (bicyclic) bond motifs is 1. The fraction of sp³-hybridized carbons (Fsp3) is 0.800. The minimum Gasteiger partial charge on any atom is -0.312 e. The number of rotatable bonds is 4. The Bertz CT molecular complexity index is 239. The van der Waals surface area contributed by atoms with Crippen molar-refractivity contribution in [1.82, 2.24) is 5.32 Å². The van der Waals surface area contributed by atoms with E-state index in [0.29, 0.717) is 6.04 Å². The van der Waals surface area contributed by atoms with Crippen LogP contribution < -0.4 is 5.32 Å². The minimum atomic E-state index is -0.647. The van der Waals surface area contributed by atoms with Gasteiger partial charge in [-0.05, 0) is 24.7 Å². The highest BCUT2D eigenvalue weighted by molar-refractivity contribution is 7.84. The summed E-state index contributed by atoms with van der Waals surface area (Å²) < 4.78 is 10.8. The van der Waals surface area contributed by atoms with Gasteiger partial charge in [0.25, 0.3) is 0 Å². The van der Waals surface area contributed by atoms with Crippen LogP contribution in [0.15, 0.2) is 12.2 Å². The third-order valence-corrected chi connectivity index (χ3v) is 3.94. The van der Waals surface area contributed by atoms with Gasteiger partial charge in [-0.1, -0.05) is 12.2 Å². The lowest BCUT2D eigenvalue weighted by atomic mass is 9.71. The van der Waals surface area contributed by atoms with Crippen LogP contribution in [-0.4, -0.2) is 28.8 Å². The van der Waals surface area contributed by atoms with E-state index in [0.717, 1.165) is 24.1 Å². The first-order valence-corrected chi connectivity index (χ1v) is 6.70. The third-order valence-electron chi connectivity index (χ3n) is 3.16. The highest BCUT2D eigenvalue weighted by Gasteiger charge is 2.40. The van der Waals surface area contributed by atoms with E-state index in [1.54, 1.807) is 6.26 Å². The van der Waals surface area contributed by atoms with Crippen LogP contribution in [0.2, 0.25) is 0 Å². The summed E-state index contributed by atoms with van der Waals surface area (Å²) in [6.07, 6.45) is 9.00.